The summed E-state index contributed by atoms with van der Waals surface area (Å²) < 4.78 is 26.9. The minimum absolute atomic E-state index is 0.165. The first kappa shape index (κ1) is 17.8. The zero-order valence-corrected chi connectivity index (χ0v) is 14.6. The molecule has 1 aliphatic rings. The van der Waals surface area contributed by atoms with E-state index in [2.05, 4.69) is 15.5 Å². The van der Waals surface area contributed by atoms with Crippen LogP contribution in [0.15, 0.2) is 30.5 Å². The van der Waals surface area contributed by atoms with Crippen molar-refractivity contribution in [3.8, 4) is 0 Å². The van der Waals surface area contributed by atoms with Gasteiger partial charge in [0.1, 0.15) is 11.6 Å². The Bertz CT molecular complexity index is 793. The number of nitrogens with one attached hydrogen (secondary N) is 1. The molecule has 2 amide bonds. The first-order valence-electron chi connectivity index (χ1n) is 8.20. The summed E-state index contributed by atoms with van der Waals surface area (Å²) in [5.41, 5.74) is 0.777. The molecule has 1 N–H and O–H groups in total. The van der Waals surface area contributed by atoms with Crippen LogP contribution in [0.2, 0.25) is 0 Å². The van der Waals surface area contributed by atoms with Gasteiger partial charge in [0.15, 0.2) is 5.82 Å². The number of hydrogen-bond donors (Lipinski definition) is 1. The fraction of sp³-hybridized carbons (Fsp3) is 0.353. The minimum atomic E-state index is -0.672. The molecule has 0 bridgehead atoms. The Balaban J connectivity index is 1.60. The summed E-state index contributed by atoms with van der Waals surface area (Å²) in [6.07, 6.45) is 1.68. The number of anilines is 3. The maximum absolute atomic E-state index is 13.7. The van der Waals surface area contributed by atoms with Crippen LogP contribution < -0.4 is 15.1 Å². The maximum Gasteiger partial charge on any atom is 0.322 e. The van der Waals surface area contributed by atoms with Crippen LogP contribution >= 0.6 is 0 Å². The third kappa shape index (κ3) is 3.98. The van der Waals surface area contributed by atoms with Crippen LogP contribution in [0.4, 0.5) is 30.8 Å². The van der Waals surface area contributed by atoms with Crippen molar-refractivity contribution in [2.45, 2.75) is 0 Å². The molecule has 0 aliphatic carbocycles. The van der Waals surface area contributed by atoms with E-state index >= 15 is 0 Å². The highest BCUT2D eigenvalue weighted by Gasteiger charge is 2.23. The predicted octanol–water partition coefficient (Wildman–Crippen LogP) is 2.17. The topological polar surface area (TPSA) is 64.6 Å². The van der Waals surface area contributed by atoms with E-state index < -0.39 is 17.7 Å². The van der Waals surface area contributed by atoms with Gasteiger partial charge in [-0.2, -0.15) is 5.10 Å². The van der Waals surface area contributed by atoms with E-state index in [1.165, 1.54) is 0 Å². The molecule has 0 atom stereocenters. The fourth-order valence-corrected chi connectivity index (χ4v) is 2.67. The molecule has 0 saturated carbocycles. The monoisotopic (exact) mass is 362 g/mol. The van der Waals surface area contributed by atoms with Crippen LogP contribution in [-0.4, -0.2) is 61.4 Å². The van der Waals surface area contributed by atoms with Gasteiger partial charge in [0, 0.05) is 52.4 Å². The lowest BCUT2D eigenvalue weighted by Gasteiger charge is -2.35. The molecule has 3 rings (SSSR count). The van der Waals surface area contributed by atoms with Gasteiger partial charge in [-0.15, -0.1) is 5.10 Å². The highest BCUT2D eigenvalue weighted by molar-refractivity contribution is 5.89. The Labute approximate surface area is 150 Å². The van der Waals surface area contributed by atoms with Crippen LogP contribution in [0, 0.1) is 11.6 Å². The predicted molar refractivity (Wildman–Crippen MR) is 95.5 cm³/mol. The highest BCUT2D eigenvalue weighted by Crippen LogP contribution is 2.20. The molecule has 138 valence electrons. The quantitative estimate of drug-likeness (QED) is 0.907. The first-order chi connectivity index (χ1) is 12.4. The summed E-state index contributed by atoms with van der Waals surface area (Å²) in [6.45, 7) is 2.03. The van der Waals surface area contributed by atoms with E-state index in [9.17, 15) is 13.6 Å². The first-order valence-corrected chi connectivity index (χ1v) is 8.20. The van der Waals surface area contributed by atoms with Crippen molar-refractivity contribution in [1.82, 2.24) is 15.1 Å². The zero-order valence-electron chi connectivity index (χ0n) is 14.6. The summed E-state index contributed by atoms with van der Waals surface area (Å²) >= 11 is 0. The number of carbonyl (C=O) groups is 1. The fourth-order valence-electron chi connectivity index (χ4n) is 2.67. The van der Waals surface area contributed by atoms with E-state index in [0.717, 1.165) is 29.7 Å². The molecule has 0 radical (unpaired) electrons. The maximum atomic E-state index is 13.7. The van der Waals surface area contributed by atoms with E-state index in [-0.39, 0.29) is 5.69 Å². The van der Waals surface area contributed by atoms with Crippen LogP contribution in [0.3, 0.4) is 0 Å². The van der Waals surface area contributed by atoms with Crippen molar-refractivity contribution in [3.05, 3.63) is 42.1 Å². The zero-order chi connectivity index (χ0) is 18.7. The summed E-state index contributed by atoms with van der Waals surface area (Å²) in [7, 11) is 3.85. The molecular formula is C17H20F2N6O. The van der Waals surface area contributed by atoms with Crippen molar-refractivity contribution >= 4 is 23.2 Å². The van der Waals surface area contributed by atoms with Crippen molar-refractivity contribution in [2.24, 2.45) is 0 Å². The SMILES string of the molecule is CN(C)c1cnnc(N2CCN(C(=O)Nc3cc(F)ccc3F)CC2)c1. The number of piperazine rings is 1. The van der Waals surface area contributed by atoms with Crippen molar-refractivity contribution < 1.29 is 13.6 Å². The van der Waals surface area contributed by atoms with Crippen molar-refractivity contribution in [1.29, 1.82) is 0 Å². The minimum Gasteiger partial charge on any atom is -0.376 e. The number of hydrogen-bond acceptors (Lipinski definition) is 5. The number of urea groups is 1. The van der Waals surface area contributed by atoms with Gasteiger partial charge in [0.05, 0.1) is 17.6 Å². The lowest BCUT2D eigenvalue weighted by molar-refractivity contribution is 0.208. The third-order valence-corrected chi connectivity index (χ3v) is 4.20. The normalized spacial score (nSPS) is 14.3. The number of aromatic nitrogens is 2. The van der Waals surface area contributed by atoms with E-state index in [1.807, 2.05) is 30.0 Å². The summed E-state index contributed by atoms with van der Waals surface area (Å²) in [5.74, 6) is -0.535. The average molecular weight is 362 g/mol. The lowest BCUT2D eigenvalue weighted by atomic mass is 10.3. The van der Waals surface area contributed by atoms with Crippen LogP contribution in [0.5, 0.6) is 0 Å². The Morgan fingerprint density at radius 2 is 1.88 bits per heavy atom. The second kappa shape index (κ2) is 7.51. The highest BCUT2D eigenvalue weighted by atomic mass is 19.1. The average Bonchev–Trinajstić information content (AvgIpc) is 2.65. The smallest absolute Gasteiger partial charge is 0.322 e. The molecule has 2 heterocycles. The van der Waals surface area contributed by atoms with E-state index in [1.54, 1.807) is 11.1 Å². The molecule has 0 spiro atoms. The molecule has 1 fully saturated rings. The van der Waals surface area contributed by atoms with Crippen LogP contribution in [-0.2, 0) is 0 Å². The molecule has 2 aromatic rings. The number of halogens is 2. The van der Waals surface area contributed by atoms with Crippen LogP contribution in [0.1, 0.15) is 0 Å². The molecule has 1 aromatic heterocycles. The Hall–Kier alpha value is -2.97. The number of amides is 2. The number of benzene rings is 1. The van der Waals surface area contributed by atoms with Gasteiger partial charge in [-0.25, -0.2) is 13.6 Å². The van der Waals surface area contributed by atoms with Gasteiger partial charge in [-0.1, -0.05) is 0 Å². The number of rotatable bonds is 3. The van der Waals surface area contributed by atoms with Gasteiger partial charge >= 0.3 is 6.03 Å². The Kier molecular flexibility index (Phi) is 5.15. The van der Waals surface area contributed by atoms with Gasteiger partial charge in [-0.05, 0) is 12.1 Å². The molecule has 1 saturated heterocycles. The molecule has 9 heteroatoms. The molecule has 0 unspecified atom stereocenters. The van der Waals surface area contributed by atoms with E-state index in [0.29, 0.717) is 26.2 Å². The standard InChI is InChI=1S/C17H20F2N6O/c1-23(2)13-10-16(22-20-11-13)24-5-7-25(8-6-24)17(26)21-15-9-12(18)3-4-14(15)19/h3-4,9-11H,5-8H2,1-2H3,(H,21,26). The molecular weight excluding hydrogens is 342 g/mol. The summed E-state index contributed by atoms with van der Waals surface area (Å²) in [5, 5.41) is 10.6. The molecule has 7 nitrogen and oxygen atoms in total. The summed E-state index contributed by atoms with van der Waals surface area (Å²) in [4.78, 5) is 17.8. The second-order valence-electron chi connectivity index (χ2n) is 6.19. The number of nitrogens with zero attached hydrogens (tertiary/aromatic N) is 5. The van der Waals surface area contributed by atoms with Crippen molar-refractivity contribution in [2.75, 3.05) is 55.4 Å². The van der Waals surface area contributed by atoms with Gasteiger partial charge in [0.2, 0.25) is 0 Å². The Morgan fingerprint density at radius 1 is 1.15 bits per heavy atom. The van der Waals surface area contributed by atoms with Gasteiger partial charge in [0.25, 0.3) is 0 Å². The number of carbonyl (C=O) groups excluding carboxylic acids is 1. The van der Waals surface area contributed by atoms with E-state index in [4.69, 9.17) is 0 Å². The summed E-state index contributed by atoms with van der Waals surface area (Å²) in [6, 6.07) is 4.44. The Morgan fingerprint density at radius 3 is 2.58 bits per heavy atom. The second-order valence-corrected chi connectivity index (χ2v) is 6.19. The van der Waals surface area contributed by atoms with Gasteiger partial charge in [-0.3, -0.25) is 0 Å². The molecule has 1 aliphatic heterocycles. The van der Waals surface area contributed by atoms with Crippen molar-refractivity contribution in [3.63, 3.8) is 0 Å². The molecule has 1 aromatic carbocycles. The third-order valence-electron chi connectivity index (χ3n) is 4.20. The van der Waals surface area contributed by atoms with Gasteiger partial charge < -0.3 is 20.0 Å². The van der Waals surface area contributed by atoms with Crippen LogP contribution in [0.25, 0.3) is 0 Å². The molecule has 26 heavy (non-hydrogen) atoms. The largest absolute Gasteiger partial charge is 0.376 e. The lowest BCUT2D eigenvalue weighted by Crippen LogP contribution is -2.50.